The lowest BCUT2D eigenvalue weighted by Gasteiger charge is -2.37. The molecular formula is C24H26N2OS. The van der Waals surface area contributed by atoms with Crippen molar-refractivity contribution >= 4 is 11.8 Å². The van der Waals surface area contributed by atoms with E-state index in [2.05, 4.69) is 83.5 Å². The number of rotatable bonds is 6. The van der Waals surface area contributed by atoms with Crippen LogP contribution in [0.4, 0.5) is 0 Å². The van der Waals surface area contributed by atoms with E-state index in [1.807, 2.05) is 24.0 Å². The van der Waals surface area contributed by atoms with E-state index in [1.165, 1.54) is 16.7 Å². The fourth-order valence-corrected chi connectivity index (χ4v) is 4.84. The van der Waals surface area contributed by atoms with E-state index in [1.54, 1.807) is 0 Å². The molecule has 0 unspecified atom stereocenters. The third-order valence-corrected chi connectivity index (χ3v) is 6.57. The first-order valence-electron chi connectivity index (χ1n) is 9.81. The molecule has 1 aliphatic heterocycles. The first-order valence-corrected chi connectivity index (χ1v) is 10.7. The highest BCUT2D eigenvalue weighted by Crippen LogP contribution is 2.40. The fraction of sp³-hybridized carbons (Fsp3) is 0.292. The number of hydrogen-bond acceptors (Lipinski definition) is 4. The van der Waals surface area contributed by atoms with Gasteiger partial charge in [0.05, 0.1) is 23.0 Å². The fourth-order valence-electron chi connectivity index (χ4n) is 3.62. The molecule has 0 N–H and O–H groups in total. The van der Waals surface area contributed by atoms with Gasteiger partial charge in [-0.1, -0.05) is 78.5 Å². The number of morpholine rings is 1. The minimum atomic E-state index is 0.131. The van der Waals surface area contributed by atoms with Crippen molar-refractivity contribution in [2.75, 3.05) is 19.7 Å². The van der Waals surface area contributed by atoms with Crippen molar-refractivity contribution in [3.05, 3.63) is 95.7 Å². The second-order valence-electron chi connectivity index (χ2n) is 7.20. The van der Waals surface area contributed by atoms with E-state index in [4.69, 9.17) is 4.74 Å². The zero-order chi connectivity index (χ0) is 19.2. The SMILES string of the molecule is Cc1cccnc1S[C@@H](c1ccccc1)[C@@H]1CN(Cc2ccccc2)CCO1. The third kappa shape index (κ3) is 4.82. The van der Waals surface area contributed by atoms with Crippen LogP contribution in [0.25, 0.3) is 0 Å². The summed E-state index contributed by atoms with van der Waals surface area (Å²) >= 11 is 1.82. The zero-order valence-electron chi connectivity index (χ0n) is 16.2. The van der Waals surface area contributed by atoms with Gasteiger partial charge in [0.25, 0.3) is 0 Å². The van der Waals surface area contributed by atoms with E-state index in [0.717, 1.165) is 31.3 Å². The van der Waals surface area contributed by atoms with Gasteiger partial charge in [0.15, 0.2) is 0 Å². The summed E-state index contributed by atoms with van der Waals surface area (Å²) in [5.74, 6) is 0. The Bertz CT molecular complexity index is 872. The van der Waals surface area contributed by atoms with Crippen LogP contribution in [0.3, 0.4) is 0 Å². The van der Waals surface area contributed by atoms with E-state index < -0.39 is 0 Å². The van der Waals surface area contributed by atoms with Crippen molar-refractivity contribution in [2.45, 2.75) is 29.8 Å². The summed E-state index contributed by atoms with van der Waals surface area (Å²) in [7, 11) is 0. The van der Waals surface area contributed by atoms with Gasteiger partial charge in [0.1, 0.15) is 0 Å². The van der Waals surface area contributed by atoms with Crippen LogP contribution in [-0.2, 0) is 11.3 Å². The average Bonchev–Trinajstić information content (AvgIpc) is 2.75. The number of pyridine rings is 1. The van der Waals surface area contributed by atoms with Crippen LogP contribution in [0.15, 0.2) is 84.0 Å². The molecule has 144 valence electrons. The highest BCUT2D eigenvalue weighted by molar-refractivity contribution is 7.99. The molecular weight excluding hydrogens is 364 g/mol. The number of aryl methyl sites for hydroxylation is 1. The van der Waals surface area contributed by atoms with Gasteiger partial charge < -0.3 is 4.74 Å². The smallest absolute Gasteiger partial charge is 0.0995 e. The molecule has 0 spiro atoms. The second-order valence-corrected chi connectivity index (χ2v) is 8.33. The summed E-state index contributed by atoms with van der Waals surface area (Å²) in [5.41, 5.74) is 3.86. The molecule has 0 bridgehead atoms. The van der Waals surface area contributed by atoms with Crippen LogP contribution >= 0.6 is 11.8 Å². The average molecular weight is 391 g/mol. The van der Waals surface area contributed by atoms with Crippen LogP contribution in [0, 0.1) is 6.92 Å². The molecule has 2 atom stereocenters. The standard InChI is InChI=1S/C24H26N2OS/c1-19-9-8-14-25-24(19)28-23(21-12-6-3-7-13-21)22-18-26(15-16-27-22)17-20-10-4-2-5-11-20/h2-14,22-23H,15-18H2,1H3/t22-,23-/m0/s1. The normalized spacial score (nSPS) is 18.7. The lowest BCUT2D eigenvalue weighted by atomic mass is 10.1. The summed E-state index contributed by atoms with van der Waals surface area (Å²) < 4.78 is 6.28. The number of thioether (sulfide) groups is 1. The van der Waals surface area contributed by atoms with Crippen molar-refractivity contribution in [3.63, 3.8) is 0 Å². The Kier molecular flexibility index (Phi) is 6.42. The molecule has 28 heavy (non-hydrogen) atoms. The molecule has 0 aliphatic carbocycles. The van der Waals surface area contributed by atoms with Gasteiger partial charge in [-0.2, -0.15) is 0 Å². The third-order valence-electron chi connectivity index (χ3n) is 5.09. The van der Waals surface area contributed by atoms with Gasteiger partial charge in [-0.15, -0.1) is 0 Å². The topological polar surface area (TPSA) is 25.4 Å². The van der Waals surface area contributed by atoms with Crippen LogP contribution in [-0.4, -0.2) is 35.7 Å². The maximum atomic E-state index is 6.28. The Labute approximate surface area is 171 Å². The maximum absolute atomic E-state index is 6.28. The molecule has 0 radical (unpaired) electrons. The molecule has 1 fully saturated rings. The summed E-state index contributed by atoms with van der Waals surface area (Å²) in [6.07, 6.45) is 2.01. The molecule has 2 aromatic carbocycles. The van der Waals surface area contributed by atoms with E-state index in [-0.39, 0.29) is 11.4 Å². The largest absolute Gasteiger partial charge is 0.374 e. The minimum Gasteiger partial charge on any atom is -0.374 e. The van der Waals surface area contributed by atoms with E-state index >= 15 is 0 Å². The van der Waals surface area contributed by atoms with Crippen molar-refractivity contribution in [1.29, 1.82) is 0 Å². The lowest BCUT2D eigenvalue weighted by Crippen LogP contribution is -2.44. The predicted molar refractivity (Wildman–Crippen MR) is 115 cm³/mol. The van der Waals surface area contributed by atoms with Gasteiger partial charge in [0.2, 0.25) is 0 Å². The van der Waals surface area contributed by atoms with Gasteiger partial charge in [0, 0.05) is 25.8 Å². The van der Waals surface area contributed by atoms with Crippen molar-refractivity contribution < 1.29 is 4.74 Å². The maximum Gasteiger partial charge on any atom is 0.0995 e. The van der Waals surface area contributed by atoms with Crippen molar-refractivity contribution in [1.82, 2.24) is 9.88 Å². The zero-order valence-corrected chi connectivity index (χ0v) is 17.0. The first-order chi connectivity index (χ1) is 13.8. The number of ether oxygens (including phenoxy) is 1. The Hall–Kier alpha value is -2.14. The summed E-state index contributed by atoms with van der Waals surface area (Å²) in [5, 5.41) is 1.30. The number of nitrogens with zero attached hydrogens (tertiary/aromatic N) is 2. The van der Waals surface area contributed by atoms with Crippen LogP contribution in [0.1, 0.15) is 21.9 Å². The van der Waals surface area contributed by atoms with Gasteiger partial charge in [-0.3, -0.25) is 4.90 Å². The monoisotopic (exact) mass is 390 g/mol. The first kappa shape index (κ1) is 19.2. The molecule has 3 nitrogen and oxygen atoms in total. The molecule has 0 saturated carbocycles. The summed E-state index contributed by atoms with van der Waals surface area (Å²) in [4.78, 5) is 7.12. The Balaban J connectivity index is 1.54. The second kappa shape index (κ2) is 9.37. The summed E-state index contributed by atoms with van der Waals surface area (Å²) in [6, 6.07) is 25.5. The van der Waals surface area contributed by atoms with Gasteiger partial charge >= 0.3 is 0 Å². The number of benzene rings is 2. The van der Waals surface area contributed by atoms with E-state index in [9.17, 15) is 0 Å². The molecule has 1 aliphatic rings. The molecule has 4 heteroatoms. The molecule has 0 amide bonds. The Morgan fingerprint density at radius 3 is 2.54 bits per heavy atom. The Morgan fingerprint density at radius 1 is 1.04 bits per heavy atom. The van der Waals surface area contributed by atoms with Gasteiger partial charge in [-0.25, -0.2) is 4.98 Å². The highest BCUT2D eigenvalue weighted by atomic mass is 32.2. The van der Waals surface area contributed by atoms with Crippen molar-refractivity contribution in [2.24, 2.45) is 0 Å². The quantitative estimate of drug-likeness (QED) is 0.545. The summed E-state index contributed by atoms with van der Waals surface area (Å²) in [6.45, 7) is 5.76. The molecule has 4 rings (SSSR count). The molecule has 3 aromatic rings. The Morgan fingerprint density at radius 2 is 1.79 bits per heavy atom. The number of hydrogen-bond donors (Lipinski definition) is 0. The molecule has 1 saturated heterocycles. The highest BCUT2D eigenvalue weighted by Gasteiger charge is 2.30. The van der Waals surface area contributed by atoms with Crippen LogP contribution < -0.4 is 0 Å². The predicted octanol–water partition coefficient (Wildman–Crippen LogP) is 5.12. The van der Waals surface area contributed by atoms with Crippen molar-refractivity contribution in [3.8, 4) is 0 Å². The van der Waals surface area contributed by atoms with E-state index in [0.29, 0.717) is 0 Å². The minimum absolute atomic E-state index is 0.131. The molecule has 2 heterocycles. The molecule has 1 aromatic heterocycles. The lowest BCUT2D eigenvalue weighted by molar-refractivity contribution is -0.0320. The van der Waals surface area contributed by atoms with Crippen LogP contribution in [0.2, 0.25) is 0 Å². The van der Waals surface area contributed by atoms with Crippen LogP contribution in [0.5, 0.6) is 0 Å². The van der Waals surface area contributed by atoms with Gasteiger partial charge in [-0.05, 0) is 29.7 Å². The number of aromatic nitrogens is 1.